The minimum absolute atomic E-state index is 0. The molecule has 348 valence electrons. The normalized spacial score (nSPS) is 11.6. The van der Waals surface area contributed by atoms with Crippen LogP contribution in [0.4, 0.5) is 11.4 Å². The molecule has 0 spiro atoms. The van der Waals surface area contributed by atoms with Crippen molar-refractivity contribution in [1.29, 1.82) is 0 Å². The van der Waals surface area contributed by atoms with Gasteiger partial charge >= 0.3 is 0 Å². The molecule has 0 fully saturated rings. The monoisotopic (exact) mass is 927 g/mol. The van der Waals surface area contributed by atoms with Crippen LogP contribution in [0.5, 0.6) is 0 Å². The number of aryl methyl sites for hydroxylation is 4. The number of hydrogen-bond donors (Lipinski definition) is 0. The predicted octanol–water partition coefficient (Wildman–Crippen LogP) is 19.3. The van der Waals surface area contributed by atoms with E-state index in [0.717, 1.165) is 36.3 Å². The summed E-state index contributed by atoms with van der Waals surface area (Å²) in [5, 5.41) is 0. The molecule has 2 aromatic rings. The second-order valence-corrected chi connectivity index (χ2v) is 18.3. The standard InChI is InChI=1S/C58H96N2.Pd/c1-6-11-16-17-18-19-20-21-22-23-24-25-26-27-28-29-30-31-32-33-34-39-44-58(60-57-48-46-53(41-36-13-8-3)55(50-57)43-38-15-10-5)51-59-56-47-45-52(40-35-12-7-2)54(49-56)42-37-14-9-4;/h45-51H,6-38,40-43H2,1-5H3;/b59-51+,60-58+;. The number of unbranched alkanes of at least 4 members (excludes halogenated alkanes) is 28. The molecule has 0 aliphatic heterocycles. The van der Waals surface area contributed by atoms with Crippen molar-refractivity contribution in [3.8, 4) is 11.8 Å². The summed E-state index contributed by atoms with van der Waals surface area (Å²) in [6.45, 7) is 11.5. The Bertz CT molecular complexity index is 1430. The fourth-order valence-corrected chi connectivity index (χ4v) is 8.58. The molecular formula is C58H96N2Pd. The van der Waals surface area contributed by atoms with Crippen LogP contribution >= 0.6 is 0 Å². The van der Waals surface area contributed by atoms with Gasteiger partial charge < -0.3 is 0 Å². The summed E-state index contributed by atoms with van der Waals surface area (Å²) in [4.78, 5) is 10.2. The first-order chi connectivity index (χ1) is 29.6. The quantitative estimate of drug-likeness (QED) is 0.0276. The Hall–Kier alpha value is -2.00. The van der Waals surface area contributed by atoms with Gasteiger partial charge in [0.05, 0.1) is 17.6 Å². The van der Waals surface area contributed by atoms with E-state index in [4.69, 9.17) is 9.98 Å². The third-order valence-electron chi connectivity index (χ3n) is 12.5. The third kappa shape index (κ3) is 30.7. The Morgan fingerprint density at radius 1 is 0.393 bits per heavy atom. The third-order valence-corrected chi connectivity index (χ3v) is 12.5. The van der Waals surface area contributed by atoms with Crippen molar-refractivity contribution in [3.63, 3.8) is 0 Å². The molecule has 0 radical (unpaired) electrons. The summed E-state index contributed by atoms with van der Waals surface area (Å²) in [5.74, 6) is 6.99. The summed E-state index contributed by atoms with van der Waals surface area (Å²) >= 11 is 0. The van der Waals surface area contributed by atoms with E-state index in [1.54, 1.807) is 0 Å². The first-order valence-corrected chi connectivity index (χ1v) is 26.5. The molecule has 2 nitrogen and oxygen atoms in total. The van der Waals surface area contributed by atoms with Crippen molar-refractivity contribution in [1.82, 2.24) is 0 Å². The van der Waals surface area contributed by atoms with Crippen LogP contribution < -0.4 is 0 Å². The van der Waals surface area contributed by atoms with E-state index in [1.165, 1.54) is 241 Å². The zero-order chi connectivity index (χ0) is 43.0. The smallest absolute Gasteiger partial charge is 0.132 e. The number of benzene rings is 2. The van der Waals surface area contributed by atoms with Gasteiger partial charge in [0, 0.05) is 26.8 Å². The van der Waals surface area contributed by atoms with Gasteiger partial charge in [-0.1, -0.05) is 226 Å². The van der Waals surface area contributed by atoms with E-state index in [9.17, 15) is 0 Å². The van der Waals surface area contributed by atoms with E-state index in [0.29, 0.717) is 0 Å². The van der Waals surface area contributed by atoms with Crippen LogP contribution in [0.25, 0.3) is 0 Å². The van der Waals surface area contributed by atoms with Crippen molar-refractivity contribution in [2.75, 3.05) is 0 Å². The largest absolute Gasteiger partial charge is 0.254 e. The number of aliphatic imine (C=N–C) groups is 2. The minimum atomic E-state index is 0. The van der Waals surface area contributed by atoms with Crippen LogP contribution in [0.3, 0.4) is 0 Å². The van der Waals surface area contributed by atoms with Crippen LogP contribution in [0.15, 0.2) is 46.4 Å². The second kappa shape index (κ2) is 42.0. The Balaban J connectivity index is 0.0000186. The topological polar surface area (TPSA) is 24.7 Å². The Morgan fingerprint density at radius 2 is 0.721 bits per heavy atom. The van der Waals surface area contributed by atoms with Crippen LogP contribution in [0.2, 0.25) is 0 Å². The summed E-state index contributed by atoms with van der Waals surface area (Å²) in [5.41, 5.74) is 8.79. The summed E-state index contributed by atoms with van der Waals surface area (Å²) in [7, 11) is 0. The molecule has 2 aromatic carbocycles. The van der Waals surface area contributed by atoms with Crippen molar-refractivity contribution in [2.24, 2.45) is 9.98 Å². The minimum Gasteiger partial charge on any atom is -0.254 e. The Labute approximate surface area is 394 Å². The van der Waals surface area contributed by atoms with Gasteiger partial charge in [-0.3, -0.25) is 4.99 Å². The van der Waals surface area contributed by atoms with E-state index >= 15 is 0 Å². The van der Waals surface area contributed by atoms with Gasteiger partial charge in [0.15, 0.2) is 0 Å². The first-order valence-electron chi connectivity index (χ1n) is 26.5. The SMILES string of the molecule is CCCCCCCCCCCCCCCCCCCCCCC#CC(/C=N/c1ccc(CCCCC)c(CCCCC)c1)=N\c1ccc(CCCCC)c(CCCCC)c1.[Pd]. The van der Waals surface area contributed by atoms with Gasteiger partial charge in [0.1, 0.15) is 5.71 Å². The molecule has 3 heteroatoms. The molecule has 0 amide bonds. The molecule has 0 aromatic heterocycles. The maximum Gasteiger partial charge on any atom is 0.132 e. The summed E-state index contributed by atoms with van der Waals surface area (Å²) in [6, 6.07) is 13.8. The molecule has 0 saturated heterocycles. The van der Waals surface area contributed by atoms with Crippen molar-refractivity contribution >= 4 is 23.3 Å². The van der Waals surface area contributed by atoms with Crippen molar-refractivity contribution in [3.05, 3.63) is 58.7 Å². The molecule has 0 saturated carbocycles. The van der Waals surface area contributed by atoms with Gasteiger partial charge in [-0.25, -0.2) is 4.99 Å². The van der Waals surface area contributed by atoms with Gasteiger partial charge in [-0.15, -0.1) is 0 Å². The Morgan fingerprint density at radius 3 is 1.13 bits per heavy atom. The number of hydrogen-bond acceptors (Lipinski definition) is 2. The van der Waals surface area contributed by atoms with Crippen molar-refractivity contribution < 1.29 is 20.4 Å². The van der Waals surface area contributed by atoms with Gasteiger partial charge in [0.2, 0.25) is 0 Å². The molecular weight excluding hydrogens is 831 g/mol. The van der Waals surface area contributed by atoms with Gasteiger partial charge in [-0.05, 0) is 110 Å². The fourth-order valence-electron chi connectivity index (χ4n) is 8.58. The van der Waals surface area contributed by atoms with Crippen molar-refractivity contribution in [2.45, 2.75) is 272 Å². The maximum atomic E-state index is 5.17. The zero-order valence-corrected chi connectivity index (χ0v) is 42.5. The number of nitrogens with zero attached hydrogens (tertiary/aromatic N) is 2. The van der Waals surface area contributed by atoms with Gasteiger partial charge in [-0.2, -0.15) is 0 Å². The van der Waals surface area contributed by atoms with Crippen LogP contribution in [0.1, 0.15) is 269 Å². The fraction of sp³-hybridized carbons (Fsp3) is 0.724. The molecule has 0 atom stereocenters. The molecule has 0 aliphatic rings. The molecule has 2 rings (SSSR count). The zero-order valence-electron chi connectivity index (χ0n) is 40.9. The van der Waals surface area contributed by atoms with Crippen LogP contribution in [-0.2, 0) is 46.1 Å². The molecule has 0 unspecified atom stereocenters. The van der Waals surface area contributed by atoms with Crippen LogP contribution in [0, 0.1) is 11.8 Å². The average molecular weight is 928 g/mol. The maximum absolute atomic E-state index is 5.17. The van der Waals surface area contributed by atoms with Gasteiger partial charge in [0.25, 0.3) is 0 Å². The summed E-state index contributed by atoms with van der Waals surface area (Å²) < 4.78 is 0. The first kappa shape index (κ1) is 57.0. The molecule has 61 heavy (non-hydrogen) atoms. The van der Waals surface area contributed by atoms with E-state index in [1.807, 2.05) is 6.21 Å². The Kier molecular flexibility index (Phi) is 39.2. The van der Waals surface area contributed by atoms with E-state index < -0.39 is 0 Å². The predicted molar refractivity (Wildman–Crippen MR) is 271 cm³/mol. The van der Waals surface area contributed by atoms with E-state index in [2.05, 4.69) is 82.9 Å². The second-order valence-electron chi connectivity index (χ2n) is 18.3. The molecule has 0 N–H and O–H groups in total. The van der Waals surface area contributed by atoms with Crippen LogP contribution in [-0.4, -0.2) is 11.9 Å². The molecule has 0 heterocycles. The molecule has 0 bridgehead atoms. The van der Waals surface area contributed by atoms with E-state index in [-0.39, 0.29) is 20.4 Å². The average Bonchev–Trinajstić information content (AvgIpc) is 3.26. The summed E-state index contributed by atoms with van der Waals surface area (Å²) in [6.07, 6.45) is 50.9. The molecule has 0 aliphatic carbocycles. The number of rotatable bonds is 39.